The normalized spacial score (nSPS) is 12.4. The van der Waals surface area contributed by atoms with Crippen LogP contribution in [0.25, 0.3) is 17.3 Å². The lowest BCUT2D eigenvalue weighted by molar-refractivity contribution is -0.132. The van der Waals surface area contributed by atoms with Gasteiger partial charge in [0.2, 0.25) is 0 Å². The molecule has 6 nitrogen and oxygen atoms in total. The Bertz CT molecular complexity index is 1340. The molecule has 2 N–H and O–H groups in total. The van der Waals surface area contributed by atoms with Crippen molar-refractivity contribution in [2.45, 2.75) is 58.5 Å². The summed E-state index contributed by atoms with van der Waals surface area (Å²) >= 11 is 13.7. The first-order chi connectivity index (χ1) is 18.7. The molecule has 0 aliphatic heterocycles. The van der Waals surface area contributed by atoms with Crippen LogP contribution in [0.2, 0.25) is 10.0 Å². The maximum absolute atomic E-state index is 15.6. The monoisotopic (exact) mass is 592 g/mol. The molecule has 1 unspecified atom stereocenters. The highest BCUT2D eigenvalue weighted by molar-refractivity contribution is 7.14. The number of hydrogen-bond acceptors (Lipinski definition) is 5. The number of carboxylic acid groups (broad SMARTS) is 1. The van der Waals surface area contributed by atoms with E-state index in [1.165, 1.54) is 38.0 Å². The number of carbonyl (C=O) groups is 2. The average Bonchev–Trinajstić information content (AvgIpc) is 3.36. The van der Waals surface area contributed by atoms with Crippen molar-refractivity contribution in [1.29, 1.82) is 0 Å². The fourth-order valence-corrected chi connectivity index (χ4v) is 5.39. The Morgan fingerprint density at radius 3 is 2.51 bits per heavy atom. The summed E-state index contributed by atoms with van der Waals surface area (Å²) in [6.45, 7) is 3.58. The van der Waals surface area contributed by atoms with Crippen LogP contribution in [0.1, 0.15) is 80.0 Å². The van der Waals surface area contributed by atoms with Gasteiger partial charge < -0.3 is 9.84 Å². The fourth-order valence-electron chi connectivity index (χ4n) is 4.09. The SMILES string of the molecule is CCCCCCCC(OC)c1cccc(-c2csc(NC(=O)c3cc(Cl)c(/C=C(\C)C(=O)O)c(Cl)c3)n2)c1F. The molecule has 2 aromatic carbocycles. The third-order valence-electron chi connectivity index (χ3n) is 6.27. The number of nitrogens with one attached hydrogen (secondary N) is 1. The lowest BCUT2D eigenvalue weighted by Gasteiger charge is -2.17. The van der Waals surface area contributed by atoms with Gasteiger partial charge in [-0.15, -0.1) is 11.3 Å². The van der Waals surface area contributed by atoms with Crippen LogP contribution in [0.3, 0.4) is 0 Å². The molecule has 1 aromatic heterocycles. The summed E-state index contributed by atoms with van der Waals surface area (Å²) in [6.07, 6.45) is 7.28. The van der Waals surface area contributed by atoms with E-state index >= 15 is 4.39 Å². The highest BCUT2D eigenvalue weighted by Gasteiger charge is 2.20. The van der Waals surface area contributed by atoms with Gasteiger partial charge in [0.05, 0.1) is 21.8 Å². The van der Waals surface area contributed by atoms with E-state index in [2.05, 4.69) is 17.2 Å². The second-order valence-corrected chi connectivity index (χ2v) is 10.8. The minimum atomic E-state index is -1.11. The van der Waals surface area contributed by atoms with E-state index < -0.39 is 11.9 Å². The number of carboxylic acids is 1. The van der Waals surface area contributed by atoms with Gasteiger partial charge in [-0.1, -0.05) is 74.4 Å². The minimum absolute atomic E-state index is 0.0476. The molecule has 0 aliphatic rings. The fraction of sp³-hybridized carbons (Fsp3) is 0.345. The molecule has 1 heterocycles. The summed E-state index contributed by atoms with van der Waals surface area (Å²) in [7, 11) is 1.59. The third kappa shape index (κ3) is 8.11. The first-order valence-electron chi connectivity index (χ1n) is 12.6. The van der Waals surface area contributed by atoms with Gasteiger partial charge in [-0.25, -0.2) is 14.2 Å². The van der Waals surface area contributed by atoms with Crippen LogP contribution in [-0.2, 0) is 9.53 Å². The highest BCUT2D eigenvalue weighted by Crippen LogP contribution is 2.34. The average molecular weight is 594 g/mol. The number of methoxy groups -OCH3 is 1. The molecule has 3 rings (SSSR count). The van der Waals surface area contributed by atoms with Crippen LogP contribution < -0.4 is 5.32 Å². The largest absolute Gasteiger partial charge is 0.478 e. The number of amides is 1. The topological polar surface area (TPSA) is 88.5 Å². The number of halogens is 3. The molecule has 0 fully saturated rings. The van der Waals surface area contributed by atoms with Crippen molar-refractivity contribution in [1.82, 2.24) is 4.98 Å². The van der Waals surface area contributed by atoms with Crippen molar-refractivity contribution in [3.05, 3.63) is 73.8 Å². The van der Waals surface area contributed by atoms with Gasteiger partial charge in [-0.3, -0.25) is 10.1 Å². The summed E-state index contributed by atoms with van der Waals surface area (Å²) in [5.41, 5.74) is 1.73. The van der Waals surface area contributed by atoms with E-state index in [1.807, 2.05) is 0 Å². The van der Waals surface area contributed by atoms with Crippen molar-refractivity contribution in [3.8, 4) is 11.3 Å². The number of unbranched alkanes of at least 4 members (excludes halogenated alkanes) is 4. The Morgan fingerprint density at radius 1 is 1.18 bits per heavy atom. The number of carbonyl (C=O) groups excluding carboxylic acids is 1. The van der Waals surface area contributed by atoms with Gasteiger partial charge in [0, 0.05) is 40.3 Å². The zero-order chi connectivity index (χ0) is 28.5. The molecule has 39 heavy (non-hydrogen) atoms. The molecular formula is C29H31Cl2FN2O4S. The zero-order valence-electron chi connectivity index (χ0n) is 22.0. The maximum Gasteiger partial charge on any atom is 0.331 e. The predicted molar refractivity (Wildman–Crippen MR) is 156 cm³/mol. The van der Waals surface area contributed by atoms with Gasteiger partial charge in [0.25, 0.3) is 5.91 Å². The molecule has 0 radical (unpaired) electrons. The van der Waals surface area contributed by atoms with Gasteiger partial charge >= 0.3 is 5.97 Å². The van der Waals surface area contributed by atoms with E-state index in [4.69, 9.17) is 33.0 Å². The minimum Gasteiger partial charge on any atom is -0.478 e. The summed E-state index contributed by atoms with van der Waals surface area (Å²) in [6, 6.07) is 7.96. The van der Waals surface area contributed by atoms with Crippen molar-refractivity contribution < 1.29 is 23.8 Å². The van der Waals surface area contributed by atoms with E-state index in [9.17, 15) is 9.59 Å². The third-order valence-corrected chi connectivity index (χ3v) is 7.65. The number of hydrogen-bond donors (Lipinski definition) is 2. The molecule has 0 bridgehead atoms. The summed E-state index contributed by atoms with van der Waals surface area (Å²) < 4.78 is 21.2. The van der Waals surface area contributed by atoms with Gasteiger partial charge in [-0.2, -0.15) is 0 Å². The lowest BCUT2D eigenvalue weighted by Crippen LogP contribution is -2.12. The number of ether oxygens (including phenoxy) is 1. The lowest BCUT2D eigenvalue weighted by atomic mass is 9.98. The first kappa shape index (κ1) is 30.8. The number of rotatable bonds is 13. The number of benzene rings is 2. The first-order valence-corrected chi connectivity index (χ1v) is 14.3. The van der Waals surface area contributed by atoms with E-state index in [1.54, 1.807) is 30.7 Å². The van der Waals surface area contributed by atoms with Gasteiger partial charge in [0.1, 0.15) is 5.82 Å². The molecule has 0 saturated heterocycles. The molecule has 10 heteroatoms. The summed E-state index contributed by atoms with van der Waals surface area (Å²) in [5, 5.41) is 14.0. The number of nitrogens with zero attached hydrogens (tertiary/aromatic N) is 1. The second-order valence-electron chi connectivity index (χ2n) is 9.11. The molecule has 0 saturated carbocycles. The standard InChI is InChI=1S/C29H31Cl2FN2O4S/c1-4-5-6-7-8-12-25(38-3)20-11-9-10-19(26(20)32)24-16-39-29(33-24)34-27(35)18-14-22(30)21(23(31)15-18)13-17(2)28(36)37/h9-11,13-16,25H,4-8,12H2,1-3H3,(H,36,37)(H,33,34,35)/b17-13+. The second kappa shape index (κ2) is 14.6. The Labute approximate surface area is 241 Å². The Morgan fingerprint density at radius 2 is 1.87 bits per heavy atom. The van der Waals surface area contributed by atoms with E-state index in [0.717, 1.165) is 37.0 Å². The number of aliphatic carboxylic acids is 1. The smallest absolute Gasteiger partial charge is 0.331 e. The highest BCUT2D eigenvalue weighted by atomic mass is 35.5. The van der Waals surface area contributed by atoms with E-state index in [0.29, 0.717) is 22.4 Å². The maximum atomic E-state index is 15.6. The van der Waals surface area contributed by atoms with Crippen LogP contribution in [0, 0.1) is 5.82 Å². The molecule has 0 spiro atoms. The van der Waals surface area contributed by atoms with Crippen molar-refractivity contribution in [3.63, 3.8) is 0 Å². The van der Waals surface area contributed by atoms with Crippen molar-refractivity contribution in [2.75, 3.05) is 12.4 Å². The molecule has 1 amide bonds. The Balaban J connectivity index is 1.75. The summed E-state index contributed by atoms with van der Waals surface area (Å²) in [5.74, 6) is -2.01. The van der Waals surface area contributed by atoms with Gasteiger partial charge in [-0.05, 0) is 37.6 Å². The molecular weight excluding hydrogens is 562 g/mol. The van der Waals surface area contributed by atoms with Crippen LogP contribution in [0.5, 0.6) is 0 Å². The molecule has 208 valence electrons. The molecule has 1 atom stereocenters. The number of aromatic nitrogens is 1. The van der Waals surface area contributed by atoms with E-state index in [-0.39, 0.29) is 38.2 Å². The van der Waals surface area contributed by atoms with Crippen LogP contribution in [0.15, 0.2) is 41.3 Å². The summed E-state index contributed by atoms with van der Waals surface area (Å²) in [4.78, 5) is 28.4. The predicted octanol–water partition coefficient (Wildman–Crippen LogP) is 9.04. The number of thiazole rings is 1. The van der Waals surface area contributed by atoms with Crippen molar-refractivity contribution in [2.24, 2.45) is 0 Å². The Hall–Kier alpha value is -2.78. The van der Waals surface area contributed by atoms with Gasteiger partial charge in [0.15, 0.2) is 5.13 Å². The molecule has 0 aliphatic carbocycles. The number of anilines is 1. The van der Waals surface area contributed by atoms with Crippen LogP contribution in [0.4, 0.5) is 9.52 Å². The van der Waals surface area contributed by atoms with Crippen LogP contribution in [-0.4, -0.2) is 29.1 Å². The van der Waals surface area contributed by atoms with Crippen LogP contribution >= 0.6 is 34.5 Å². The Kier molecular flexibility index (Phi) is 11.5. The quantitative estimate of drug-likeness (QED) is 0.153. The molecule has 3 aromatic rings. The van der Waals surface area contributed by atoms with Crippen molar-refractivity contribution >= 4 is 57.6 Å². The zero-order valence-corrected chi connectivity index (χ0v) is 24.4.